The van der Waals surface area contributed by atoms with E-state index < -0.39 is 11.7 Å². The Kier molecular flexibility index (Phi) is 5.06. The Morgan fingerprint density at radius 1 is 1.10 bits per heavy atom. The van der Waals surface area contributed by atoms with E-state index in [4.69, 9.17) is 0 Å². The van der Waals surface area contributed by atoms with Gasteiger partial charge in [0.25, 0.3) is 0 Å². The minimum atomic E-state index is -4.35. The average Bonchev–Trinajstić information content (AvgIpc) is 3.14. The van der Waals surface area contributed by atoms with Crippen molar-refractivity contribution in [1.82, 2.24) is 19.9 Å². The number of nitrogens with one attached hydrogen (secondary N) is 1. The van der Waals surface area contributed by atoms with Crippen LogP contribution in [0.15, 0.2) is 59.3 Å². The number of alkyl halides is 3. The Morgan fingerprint density at radius 3 is 2.68 bits per heavy atom. The van der Waals surface area contributed by atoms with Gasteiger partial charge in [0.1, 0.15) is 0 Å². The number of benzene rings is 2. The summed E-state index contributed by atoms with van der Waals surface area (Å²) in [5, 5.41) is 1.20. The normalized spacial score (nSPS) is 14.7. The van der Waals surface area contributed by atoms with E-state index >= 15 is 0 Å². The Bertz CT molecular complexity index is 1250. The number of aromatic amines is 1. The molecule has 0 fully saturated rings. The van der Waals surface area contributed by atoms with Crippen LogP contribution in [0.1, 0.15) is 22.4 Å². The van der Waals surface area contributed by atoms with Crippen LogP contribution < -0.4 is 0 Å². The summed E-state index contributed by atoms with van der Waals surface area (Å²) in [6, 6.07) is 11.2. The van der Waals surface area contributed by atoms with Gasteiger partial charge in [-0.15, -0.1) is 0 Å². The second-order valence-corrected chi connectivity index (χ2v) is 8.62. The van der Waals surface area contributed by atoms with E-state index in [0.717, 1.165) is 59.4 Å². The van der Waals surface area contributed by atoms with Gasteiger partial charge in [-0.05, 0) is 35.9 Å². The van der Waals surface area contributed by atoms with Gasteiger partial charge in [-0.3, -0.25) is 4.90 Å². The van der Waals surface area contributed by atoms with E-state index in [0.29, 0.717) is 11.4 Å². The zero-order valence-electron chi connectivity index (χ0n) is 16.4. The van der Waals surface area contributed by atoms with Crippen molar-refractivity contribution in [2.24, 2.45) is 0 Å². The van der Waals surface area contributed by atoms with E-state index in [1.54, 1.807) is 6.20 Å². The highest BCUT2D eigenvalue weighted by Crippen LogP contribution is 2.31. The molecular weight excluding hydrogens is 469 g/mol. The molecule has 0 amide bonds. The van der Waals surface area contributed by atoms with Gasteiger partial charge in [-0.1, -0.05) is 28.1 Å². The van der Waals surface area contributed by atoms with Crippen LogP contribution in [0, 0.1) is 0 Å². The van der Waals surface area contributed by atoms with Crippen molar-refractivity contribution in [2.45, 2.75) is 25.7 Å². The lowest BCUT2D eigenvalue weighted by atomic mass is 10.1. The highest BCUT2D eigenvalue weighted by Gasteiger charge is 2.30. The number of H-pyrrole nitrogens is 1. The van der Waals surface area contributed by atoms with Crippen molar-refractivity contribution in [2.75, 3.05) is 6.54 Å². The molecule has 0 spiro atoms. The lowest BCUT2D eigenvalue weighted by Crippen LogP contribution is -2.30. The Balaban J connectivity index is 1.33. The Morgan fingerprint density at radius 2 is 1.90 bits per heavy atom. The van der Waals surface area contributed by atoms with Crippen molar-refractivity contribution in [3.05, 3.63) is 81.7 Å². The summed E-state index contributed by atoms with van der Waals surface area (Å²) < 4.78 is 39.4. The minimum absolute atomic E-state index is 0.461. The molecule has 0 unspecified atom stereocenters. The first-order chi connectivity index (χ1) is 14.9. The number of nitrogens with zero attached hydrogens (tertiary/aromatic N) is 3. The minimum Gasteiger partial charge on any atom is -0.361 e. The number of hydrogen-bond donors (Lipinski definition) is 1. The molecule has 0 radical (unpaired) electrons. The summed E-state index contributed by atoms with van der Waals surface area (Å²) in [5.41, 5.74) is 4.28. The third-order valence-corrected chi connectivity index (χ3v) is 6.10. The second-order valence-electron chi connectivity index (χ2n) is 7.71. The van der Waals surface area contributed by atoms with Gasteiger partial charge in [0.05, 0.1) is 11.3 Å². The van der Waals surface area contributed by atoms with E-state index in [-0.39, 0.29) is 0 Å². The number of rotatable bonds is 3. The molecule has 0 bridgehead atoms. The zero-order valence-corrected chi connectivity index (χ0v) is 18.0. The first-order valence-corrected chi connectivity index (χ1v) is 10.7. The second kappa shape index (κ2) is 7.76. The molecule has 1 aliphatic heterocycles. The van der Waals surface area contributed by atoms with Gasteiger partial charge in [0.2, 0.25) is 0 Å². The molecule has 3 heterocycles. The van der Waals surface area contributed by atoms with Crippen LogP contribution in [-0.2, 0) is 25.7 Å². The molecule has 4 nitrogen and oxygen atoms in total. The standard InChI is InChI=1S/C23H18BrF3N4/c24-18-5-6-21-19(9-18)15(10-28-21)12-31-8-7-20-16(13-31)11-29-22(30-20)14-1-3-17(4-2-14)23(25,26)27/h1-6,9-11,28H,7-8,12-13H2. The summed E-state index contributed by atoms with van der Waals surface area (Å²) in [5.74, 6) is 0.461. The summed E-state index contributed by atoms with van der Waals surface area (Å²) in [6.45, 7) is 2.41. The number of aromatic nitrogens is 3. The summed E-state index contributed by atoms with van der Waals surface area (Å²) in [6.07, 6.45) is 0.279. The zero-order chi connectivity index (χ0) is 21.6. The maximum atomic E-state index is 12.8. The van der Waals surface area contributed by atoms with Crippen LogP contribution in [-0.4, -0.2) is 26.4 Å². The van der Waals surface area contributed by atoms with Crippen molar-refractivity contribution in [3.63, 3.8) is 0 Å². The van der Waals surface area contributed by atoms with E-state index in [1.165, 1.54) is 23.1 Å². The van der Waals surface area contributed by atoms with E-state index in [1.807, 2.05) is 6.07 Å². The molecule has 2 aromatic carbocycles. The predicted octanol–water partition coefficient (Wildman–Crippen LogP) is 5.96. The molecule has 5 rings (SSSR count). The quantitative estimate of drug-likeness (QED) is 0.388. The topological polar surface area (TPSA) is 44.8 Å². The number of fused-ring (bicyclic) bond motifs is 2. The summed E-state index contributed by atoms with van der Waals surface area (Å²) >= 11 is 3.54. The SMILES string of the molecule is FC(F)(F)c1ccc(-c2ncc3c(n2)CCN(Cc2c[nH]c4ccc(Br)cc24)C3)cc1. The van der Waals surface area contributed by atoms with Gasteiger partial charge >= 0.3 is 6.18 Å². The lowest BCUT2D eigenvalue weighted by molar-refractivity contribution is -0.137. The third kappa shape index (κ3) is 4.09. The van der Waals surface area contributed by atoms with Gasteiger partial charge < -0.3 is 4.98 Å². The molecule has 8 heteroatoms. The first-order valence-electron chi connectivity index (χ1n) is 9.87. The highest BCUT2D eigenvalue weighted by atomic mass is 79.9. The molecule has 0 saturated heterocycles. The molecule has 158 valence electrons. The fraction of sp³-hybridized carbons (Fsp3) is 0.217. The first kappa shape index (κ1) is 20.2. The monoisotopic (exact) mass is 486 g/mol. The van der Waals surface area contributed by atoms with Crippen molar-refractivity contribution in [3.8, 4) is 11.4 Å². The van der Waals surface area contributed by atoms with E-state index in [2.05, 4.69) is 54.1 Å². The summed E-state index contributed by atoms with van der Waals surface area (Å²) in [4.78, 5) is 14.7. The van der Waals surface area contributed by atoms with Gasteiger partial charge in [-0.2, -0.15) is 13.2 Å². The Labute approximate surface area is 185 Å². The lowest BCUT2D eigenvalue weighted by Gasteiger charge is -2.28. The molecule has 4 aromatic rings. The molecular formula is C23H18BrF3N4. The third-order valence-electron chi connectivity index (χ3n) is 5.61. The van der Waals surface area contributed by atoms with Gasteiger partial charge in [0, 0.05) is 65.0 Å². The maximum absolute atomic E-state index is 12.8. The molecule has 1 aliphatic rings. The molecule has 1 N–H and O–H groups in total. The highest BCUT2D eigenvalue weighted by molar-refractivity contribution is 9.10. The molecule has 0 aliphatic carbocycles. The largest absolute Gasteiger partial charge is 0.416 e. The van der Waals surface area contributed by atoms with Crippen LogP contribution in [0.3, 0.4) is 0 Å². The molecule has 0 atom stereocenters. The molecule has 31 heavy (non-hydrogen) atoms. The number of hydrogen-bond acceptors (Lipinski definition) is 3. The van der Waals surface area contributed by atoms with Crippen LogP contribution >= 0.6 is 15.9 Å². The fourth-order valence-corrected chi connectivity index (χ4v) is 4.34. The average molecular weight is 487 g/mol. The van der Waals surface area contributed by atoms with Gasteiger partial charge in [-0.25, -0.2) is 9.97 Å². The van der Waals surface area contributed by atoms with Crippen molar-refractivity contribution >= 4 is 26.8 Å². The smallest absolute Gasteiger partial charge is 0.361 e. The van der Waals surface area contributed by atoms with Crippen LogP contribution in [0.5, 0.6) is 0 Å². The predicted molar refractivity (Wildman–Crippen MR) is 116 cm³/mol. The van der Waals surface area contributed by atoms with Crippen molar-refractivity contribution < 1.29 is 13.2 Å². The summed E-state index contributed by atoms with van der Waals surface area (Å²) in [7, 11) is 0. The van der Waals surface area contributed by atoms with Crippen molar-refractivity contribution in [1.29, 1.82) is 0 Å². The van der Waals surface area contributed by atoms with Crippen LogP contribution in [0.4, 0.5) is 13.2 Å². The van der Waals surface area contributed by atoms with Crippen LogP contribution in [0.25, 0.3) is 22.3 Å². The Hall–Kier alpha value is -2.71. The molecule has 0 saturated carbocycles. The van der Waals surface area contributed by atoms with E-state index in [9.17, 15) is 13.2 Å². The molecule has 2 aromatic heterocycles. The maximum Gasteiger partial charge on any atom is 0.416 e. The van der Waals surface area contributed by atoms with Gasteiger partial charge in [0.15, 0.2) is 5.82 Å². The van der Waals surface area contributed by atoms with Crippen LogP contribution in [0.2, 0.25) is 0 Å². The number of halogens is 4. The fourth-order valence-electron chi connectivity index (χ4n) is 3.98.